The number of aryl methyl sites for hydroxylation is 1. The van der Waals surface area contributed by atoms with E-state index in [1.165, 1.54) is 0 Å². The van der Waals surface area contributed by atoms with Crippen LogP contribution in [0.25, 0.3) is 10.2 Å². The van der Waals surface area contributed by atoms with E-state index < -0.39 is 0 Å². The molecule has 3 rings (SSSR count). The Morgan fingerprint density at radius 1 is 1.37 bits per heavy atom. The van der Waals surface area contributed by atoms with Gasteiger partial charge in [0, 0.05) is 37.6 Å². The summed E-state index contributed by atoms with van der Waals surface area (Å²) in [6.07, 6.45) is 2.33. The normalized spacial score (nSPS) is 14.9. The molecule has 0 atom stereocenters. The van der Waals surface area contributed by atoms with Gasteiger partial charge < -0.3 is 4.74 Å². The van der Waals surface area contributed by atoms with E-state index in [0.717, 1.165) is 66.6 Å². The van der Waals surface area contributed by atoms with Crippen molar-refractivity contribution in [2.75, 3.05) is 44.3 Å². The summed E-state index contributed by atoms with van der Waals surface area (Å²) in [6, 6.07) is 3.85. The molecule has 2 aromatic rings. The Kier molecular flexibility index (Phi) is 8.76. The third kappa shape index (κ3) is 5.78. The first kappa shape index (κ1) is 22.4. The zero-order valence-electron chi connectivity index (χ0n) is 15.9. The first-order valence-electron chi connectivity index (χ1n) is 9.25. The minimum absolute atomic E-state index is 0. The van der Waals surface area contributed by atoms with Crippen LogP contribution in [0.15, 0.2) is 12.1 Å². The number of aromatic nitrogens is 1. The lowest BCUT2D eigenvalue weighted by Crippen LogP contribution is -2.39. The molecule has 1 aliphatic heterocycles. The number of morpholine rings is 1. The zero-order valence-corrected chi connectivity index (χ0v) is 18.3. The number of fused-ring (bicyclic) bond motifs is 1. The minimum atomic E-state index is 0. The molecule has 27 heavy (non-hydrogen) atoms. The number of halogens is 2. The third-order valence-electron chi connectivity index (χ3n) is 4.59. The number of ether oxygens (including phenoxy) is 1. The van der Waals surface area contributed by atoms with Gasteiger partial charge in [-0.15, -0.1) is 12.4 Å². The first-order valence-corrected chi connectivity index (χ1v) is 10.4. The van der Waals surface area contributed by atoms with Crippen molar-refractivity contribution in [2.45, 2.75) is 33.1 Å². The molecule has 2 heterocycles. The number of thiazole rings is 1. The van der Waals surface area contributed by atoms with E-state index in [1.807, 2.05) is 30.9 Å². The summed E-state index contributed by atoms with van der Waals surface area (Å²) >= 11 is 7.73. The van der Waals surface area contributed by atoms with Crippen LogP contribution in [0.5, 0.6) is 0 Å². The number of carbonyl (C=O) groups excluding carboxylic acids is 1. The van der Waals surface area contributed by atoms with Gasteiger partial charge >= 0.3 is 0 Å². The van der Waals surface area contributed by atoms with Gasteiger partial charge in [-0.1, -0.05) is 29.9 Å². The molecule has 1 amide bonds. The van der Waals surface area contributed by atoms with Crippen LogP contribution >= 0.6 is 35.3 Å². The molecule has 0 spiro atoms. The molecule has 1 aromatic heterocycles. The van der Waals surface area contributed by atoms with Gasteiger partial charge in [0.15, 0.2) is 5.13 Å². The zero-order chi connectivity index (χ0) is 18.5. The largest absolute Gasteiger partial charge is 0.379 e. The van der Waals surface area contributed by atoms with Crippen molar-refractivity contribution in [3.05, 3.63) is 22.7 Å². The predicted molar refractivity (Wildman–Crippen MR) is 116 cm³/mol. The highest BCUT2D eigenvalue weighted by Crippen LogP contribution is 2.33. The lowest BCUT2D eigenvalue weighted by atomic mass is 10.2. The fourth-order valence-electron chi connectivity index (χ4n) is 3.21. The molecule has 1 fully saturated rings. The molecule has 1 aliphatic rings. The number of nitrogens with zero attached hydrogens (tertiary/aromatic N) is 3. The molecular formula is C19H27Cl2N3O2S. The second-order valence-corrected chi connectivity index (χ2v) is 8.11. The number of anilines is 1. The van der Waals surface area contributed by atoms with E-state index in [2.05, 4.69) is 4.90 Å². The van der Waals surface area contributed by atoms with Gasteiger partial charge in [0.1, 0.15) is 0 Å². The summed E-state index contributed by atoms with van der Waals surface area (Å²) in [6.45, 7) is 9.27. The van der Waals surface area contributed by atoms with Crippen molar-refractivity contribution in [2.24, 2.45) is 0 Å². The van der Waals surface area contributed by atoms with Crippen LogP contribution in [0, 0.1) is 6.92 Å². The molecule has 8 heteroatoms. The molecule has 0 unspecified atom stereocenters. The molecule has 5 nitrogen and oxygen atoms in total. The maximum absolute atomic E-state index is 12.7. The smallest absolute Gasteiger partial charge is 0.228 e. The number of hydrogen-bond acceptors (Lipinski definition) is 5. The SMILES string of the molecule is CCCC(=O)N(CCCN1CCOCC1)c1nc2c(C)cc(Cl)cc2s1.Cl. The van der Waals surface area contributed by atoms with Crippen molar-refractivity contribution in [3.63, 3.8) is 0 Å². The Hall–Kier alpha value is -0.920. The van der Waals surface area contributed by atoms with Crippen LogP contribution in [0.1, 0.15) is 31.7 Å². The molecule has 0 radical (unpaired) electrons. The van der Waals surface area contributed by atoms with Gasteiger partial charge in [-0.05, 0) is 37.5 Å². The van der Waals surface area contributed by atoms with Crippen molar-refractivity contribution < 1.29 is 9.53 Å². The summed E-state index contributed by atoms with van der Waals surface area (Å²) < 4.78 is 6.43. The fraction of sp³-hybridized carbons (Fsp3) is 0.579. The molecule has 0 N–H and O–H groups in total. The van der Waals surface area contributed by atoms with E-state index in [0.29, 0.717) is 18.0 Å². The number of carbonyl (C=O) groups is 1. The Morgan fingerprint density at radius 2 is 2.11 bits per heavy atom. The lowest BCUT2D eigenvalue weighted by molar-refractivity contribution is -0.118. The molecule has 1 aromatic carbocycles. The van der Waals surface area contributed by atoms with Crippen molar-refractivity contribution >= 4 is 56.6 Å². The van der Waals surface area contributed by atoms with Gasteiger partial charge in [-0.3, -0.25) is 14.6 Å². The van der Waals surface area contributed by atoms with Crippen LogP contribution in [0.2, 0.25) is 5.02 Å². The number of hydrogen-bond donors (Lipinski definition) is 0. The third-order valence-corrected chi connectivity index (χ3v) is 5.84. The number of amides is 1. The van der Waals surface area contributed by atoms with E-state index in [-0.39, 0.29) is 18.3 Å². The molecule has 0 saturated carbocycles. The van der Waals surface area contributed by atoms with Gasteiger partial charge in [0.25, 0.3) is 0 Å². The van der Waals surface area contributed by atoms with E-state index in [1.54, 1.807) is 11.3 Å². The summed E-state index contributed by atoms with van der Waals surface area (Å²) in [5, 5.41) is 1.50. The predicted octanol–water partition coefficient (Wildman–Crippen LogP) is 4.54. The lowest BCUT2D eigenvalue weighted by Gasteiger charge is -2.27. The molecule has 1 saturated heterocycles. The van der Waals surface area contributed by atoms with Gasteiger partial charge in [-0.25, -0.2) is 4.98 Å². The highest BCUT2D eigenvalue weighted by molar-refractivity contribution is 7.22. The van der Waals surface area contributed by atoms with Crippen molar-refractivity contribution in [1.82, 2.24) is 9.88 Å². The first-order chi connectivity index (χ1) is 12.6. The van der Waals surface area contributed by atoms with E-state index >= 15 is 0 Å². The summed E-state index contributed by atoms with van der Waals surface area (Å²) in [4.78, 5) is 21.7. The maximum Gasteiger partial charge on any atom is 0.228 e. The van der Waals surface area contributed by atoms with E-state index in [9.17, 15) is 4.79 Å². The average molecular weight is 432 g/mol. The molecule has 0 bridgehead atoms. The second-order valence-electron chi connectivity index (χ2n) is 6.67. The highest BCUT2D eigenvalue weighted by Gasteiger charge is 2.20. The van der Waals surface area contributed by atoms with Gasteiger partial charge in [0.05, 0.1) is 23.4 Å². The van der Waals surface area contributed by atoms with Gasteiger partial charge in [-0.2, -0.15) is 0 Å². The Labute approximate surface area is 176 Å². The number of rotatable bonds is 7. The second kappa shape index (κ2) is 10.6. The average Bonchev–Trinajstić information content (AvgIpc) is 3.03. The molecular weight excluding hydrogens is 405 g/mol. The van der Waals surface area contributed by atoms with Gasteiger partial charge in [0.2, 0.25) is 5.91 Å². The maximum atomic E-state index is 12.7. The summed E-state index contributed by atoms with van der Waals surface area (Å²) in [5.41, 5.74) is 1.99. The van der Waals surface area contributed by atoms with Crippen LogP contribution in [0.3, 0.4) is 0 Å². The Bertz CT molecular complexity index is 763. The van der Waals surface area contributed by atoms with Crippen LogP contribution < -0.4 is 4.90 Å². The topological polar surface area (TPSA) is 45.7 Å². The molecule has 150 valence electrons. The van der Waals surface area contributed by atoms with Crippen molar-refractivity contribution in [3.8, 4) is 0 Å². The standard InChI is InChI=1S/C19H26ClN3O2S.ClH/c1-3-5-17(24)23(7-4-6-22-8-10-25-11-9-22)19-21-18-14(2)12-15(20)13-16(18)26-19;/h12-13H,3-11H2,1-2H3;1H. The minimum Gasteiger partial charge on any atom is -0.379 e. The fourth-order valence-corrected chi connectivity index (χ4v) is 4.67. The van der Waals surface area contributed by atoms with Crippen molar-refractivity contribution in [1.29, 1.82) is 0 Å². The van der Waals surface area contributed by atoms with Crippen LogP contribution in [-0.4, -0.2) is 55.2 Å². The Balaban J connectivity index is 0.00000261. The monoisotopic (exact) mass is 431 g/mol. The van der Waals surface area contributed by atoms with Crippen LogP contribution in [0.4, 0.5) is 5.13 Å². The summed E-state index contributed by atoms with van der Waals surface area (Å²) in [5.74, 6) is 0.150. The van der Waals surface area contributed by atoms with E-state index in [4.69, 9.17) is 21.3 Å². The Morgan fingerprint density at radius 3 is 2.81 bits per heavy atom. The van der Waals surface area contributed by atoms with Crippen LogP contribution in [-0.2, 0) is 9.53 Å². The summed E-state index contributed by atoms with van der Waals surface area (Å²) in [7, 11) is 0. The number of benzene rings is 1. The molecule has 0 aliphatic carbocycles. The quantitative estimate of drug-likeness (QED) is 0.645. The highest BCUT2D eigenvalue weighted by atomic mass is 35.5.